The van der Waals surface area contributed by atoms with Crippen LogP contribution in [0, 0.1) is 0 Å². The van der Waals surface area contributed by atoms with Crippen molar-refractivity contribution in [3.05, 3.63) is 212 Å². The van der Waals surface area contributed by atoms with E-state index in [1.807, 2.05) is 48.5 Å². The monoisotopic (exact) mass is 809 g/mol. The van der Waals surface area contributed by atoms with Crippen molar-refractivity contribution in [3.8, 4) is 34.3 Å². The van der Waals surface area contributed by atoms with Crippen LogP contribution < -0.4 is 4.90 Å². The molecule has 0 radical (unpaired) electrons. The highest BCUT2D eigenvalue weighted by Crippen LogP contribution is 2.42. The summed E-state index contributed by atoms with van der Waals surface area (Å²) in [5, 5.41) is 4.72. The number of benzene rings is 9. The second-order valence-corrected chi connectivity index (χ2v) is 15.8. The number of aromatic nitrogens is 4. The first-order valence-corrected chi connectivity index (χ1v) is 21.1. The first-order chi connectivity index (χ1) is 31.2. The molecule has 0 aliphatic heterocycles. The number of nitrogens with zero attached hydrogens (tertiary/aromatic N) is 5. The van der Waals surface area contributed by atoms with E-state index in [4.69, 9.17) is 18.8 Å². The first kappa shape index (κ1) is 35.1. The Morgan fingerprint density at radius 1 is 0.333 bits per heavy atom. The van der Waals surface area contributed by atoms with Gasteiger partial charge >= 0.3 is 0 Å². The molecular weight excluding hydrogens is 775 g/mol. The van der Waals surface area contributed by atoms with E-state index in [9.17, 15) is 0 Å². The SMILES string of the molecule is c1ccc(N(c2ccc3c(c2)c2ccccc2n3-c2ccc(-c3nc4ccccc4o3)cc2)c2ccc3c(c2)c2ccccc2n3-c2ccc(-c3nc4ccccc4o3)cc2)cc1. The summed E-state index contributed by atoms with van der Waals surface area (Å²) in [6, 6.07) is 74.3. The van der Waals surface area contributed by atoms with Crippen molar-refractivity contribution in [2.75, 3.05) is 4.90 Å². The molecular formula is C56H35N5O2. The molecule has 0 atom stereocenters. The number of rotatable bonds is 7. The van der Waals surface area contributed by atoms with Gasteiger partial charge in [-0.1, -0.05) is 78.9 Å². The minimum atomic E-state index is 0.616. The van der Waals surface area contributed by atoms with Crippen LogP contribution in [0.3, 0.4) is 0 Å². The molecule has 9 aromatic carbocycles. The van der Waals surface area contributed by atoms with Gasteiger partial charge in [0, 0.05) is 61.1 Å². The molecule has 4 aromatic heterocycles. The van der Waals surface area contributed by atoms with Gasteiger partial charge in [-0.25, -0.2) is 9.97 Å². The molecule has 7 heteroatoms. The van der Waals surface area contributed by atoms with Gasteiger partial charge in [0.25, 0.3) is 0 Å². The van der Waals surface area contributed by atoms with Crippen molar-refractivity contribution in [2.24, 2.45) is 0 Å². The van der Waals surface area contributed by atoms with E-state index in [0.29, 0.717) is 11.8 Å². The first-order valence-electron chi connectivity index (χ1n) is 21.1. The van der Waals surface area contributed by atoms with E-state index in [-0.39, 0.29) is 0 Å². The molecule has 0 spiro atoms. The zero-order chi connectivity index (χ0) is 41.4. The van der Waals surface area contributed by atoms with Crippen molar-refractivity contribution in [1.29, 1.82) is 0 Å². The number of oxazole rings is 2. The summed E-state index contributed by atoms with van der Waals surface area (Å²) in [6.07, 6.45) is 0. The number of hydrogen-bond donors (Lipinski definition) is 0. The van der Waals surface area contributed by atoms with Crippen LogP contribution in [0.4, 0.5) is 17.1 Å². The Balaban J connectivity index is 0.918. The minimum Gasteiger partial charge on any atom is -0.436 e. The van der Waals surface area contributed by atoms with Crippen LogP contribution in [0.5, 0.6) is 0 Å². The van der Waals surface area contributed by atoms with Gasteiger partial charge in [-0.15, -0.1) is 0 Å². The molecule has 0 fully saturated rings. The summed E-state index contributed by atoms with van der Waals surface area (Å²) in [4.78, 5) is 11.8. The zero-order valence-electron chi connectivity index (χ0n) is 33.8. The predicted molar refractivity (Wildman–Crippen MR) is 256 cm³/mol. The van der Waals surface area contributed by atoms with Crippen LogP contribution in [0.1, 0.15) is 0 Å². The summed E-state index contributed by atoms with van der Waals surface area (Å²) >= 11 is 0. The summed E-state index contributed by atoms with van der Waals surface area (Å²) in [7, 11) is 0. The molecule has 296 valence electrons. The van der Waals surface area contributed by atoms with Crippen LogP contribution >= 0.6 is 0 Å². The zero-order valence-corrected chi connectivity index (χ0v) is 33.8. The normalized spacial score (nSPS) is 11.8. The van der Waals surface area contributed by atoms with Gasteiger partial charge < -0.3 is 22.9 Å². The Hall–Kier alpha value is -8.68. The van der Waals surface area contributed by atoms with Gasteiger partial charge in [-0.3, -0.25) is 0 Å². The van der Waals surface area contributed by atoms with Gasteiger partial charge in [-0.05, 0) is 133 Å². The fourth-order valence-electron chi connectivity index (χ4n) is 9.28. The maximum atomic E-state index is 6.10. The molecule has 0 aliphatic rings. The summed E-state index contributed by atoms with van der Waals surface area (Å²) in [5.74, 6) is 1.23. The molecule has 7 nitrogen and oxygen atoms in total. The predicted octanol–water partition coefficient (Wildman–Crippen LogP) is 15.0. The lowest BCUT2D eigenvalue weighted by molar-refractivity contribution is 0.619. The third kappa shape index (κ3) is 5.67. The number of hydrogen-bond acceptors (Lipinski definition) is 5. The Labute approximate surface area is 360 Å². The van der Waals surface area contributed by atoms with E-state index >= 15 is 0 Å². The Morgan fingerprint density at radius 2 is 0.746 bits per heavy atom. The molecule has 0 N–H and O–H groups in total. The van der Waals surface area contributed by atoms with E-state index < -0.39 is 0 Å². The van der Waals surface area contributed by atoms with E-state index in [1.165, 1.54) is 21.5 Å². The van der Waals surface area contributed by atoms with Crippen molar-refractivity contribution >= 4 is 82.9 Å². The maximum absolute atomic E-state index is 6.10. The summed E-state index contributed by atoms with van der Waals surface area (Å²) in [6.45, 7) is 0. The second kappa shape index (κ2) is 13.9. The maximum Gasteiger partial charge on any atom is 0.227 e. The van der Waals surface area contributed by atoms with Crippen LogP contribution in [-0.2, 0) is 0 Å². The van der Waals surface area contributed by atoms with Crippen molar-refractivity contribution in [1.82, 2.24) is 19.1 Å². The highest BCUT2D eigenvalue weighted by Gasteiger charge is 2.20. The molecule has 13 rings (SSSR count). The minimum absolute atomic E-state index is 0.616. The van der Waals surface area contributed by atoms with E-state index in [0.717, 1.165) is 83.8 Å². The molecule has 13 aromatic rings. The van der Waals surface area contributed by atoms with Crippen molar-refractivity contribution < 1.29 is 8.83 Å². The van der Waals surface area contributed by atoms with Crippen molar-refractivity contribution in [3.63, 3.8) is 0 Å². The standard InChI is InChI=1S/C56H35N5O2/c1-2-12-38(13-3-1)59(41-30-32-51-45(34-41)43-14-4-8-18-49(43)60(51)39-26-22-36(23-27-39)55-57-47-16-6-10-20-53(47)62-55)42-31-33-52-46(35-42)44-15-5-9-19-50(44)61(52)40-28-24-37(25-29-40)56-58-48-17-7-11-21-54(48)63-56/h1-35H. The molecule has 0 saturated heterocycles. The van der Waals surface area contributed by atoms with Crippen LogP contribution in [0.15, 0.2) is 221 Å². The van der Waals surface area contributed by atoms with Gasteiger partial charge in [-0.2, -0.15) is 0 Å². The van der Waals surface area contributed by atoms with Gasteiger partial charge in [0.2, 0.25) is 11.8 Å². The highest BCUT2D eigenvalue weighted by molar-refractivity contribution is 6.12. The average molecular weight is 810 g/mol. The van der Waals surface area contributed by atoms with Crippen molar-refractivity contribution in [2.45, 2.75) is 0 Å². The topological polar surface area (TPSA) is 65.2 Å². The van der Waals surface area contributed by atoms with E-state index in [1.54, 1.807) is 0 Å². The lowest BCUT2D eigenvalue weighted by atomic mass is 10.1. The van der Waals surface area contributed by atoms with Gasteiger partial charge in [0.1, 0.15) is 11.0 Å². The lowest BCUT2D eigenvalue weighted by Crippen LogP contribution is -2.09. The Kier molecular flexibility index (Phi) is 7.77. The summed E-state index contributed by atoms with van der Waals surface area (Å²) in [5.41, 5.74) is 15.0. The number of fused-ring (bicyclic) bond motifs is 8. The quantitative estimate of drug-likeness (QED) is 0.160. The number of para-hydroxylation sites is 7. The molecule has 0 aliphatic carbocycles. The largest absolute Gasteiger partial charge is 0.436 e. The molecule has 0 bridgehead atoms. The van der Waals surface area contributed by atoms with Crippen LogP contribution in [-0.4, -0.2) is 19.1 Å². The third-order valence-corrected chi connectivity index (χ3v) is 12.2. The number of anilines is 3. The second-order valence-electron chi connectivity index (χ2n) is 15.8. The third-order valence-electron chi connectivity index (χ3n) is 12.2. The molecule has 0 saturated carbocycles. The fraction of sp³-hybridized carbons (Fsp3) is 0. The Morgan fingerprint density at radius 3 is 1.22 bits per heavy atom. The lowest BCUT2D eigenvalue weighted by Gasteiger charge is -2.26. The van der Waals surface area contributed by atoms with Crippen LogP contribution in [0.25, 0.3) is 100 Å². The molecule has 4 heterocycles. The van der Waals surface area contributed by atoms with Gasteiger partial charge in [0.15, 0.2) is 11.2 Å². The molecule has 63 heavy (non-hydrogen) atoms. The van der Waals surface area contributed by atoms with Crippen LogP contribution in [0.2, 0.25) is 0 Å². The molecule has 0 amide bonds. The van der Waals surface area contributed by atoms with E-state index in [2.05, 4.69) is 178 Å². The molecule has 0 unspecified atom stereocenters. The summed E-state index contributed by atoms with van der Waals surface area (Å²) < 4.78 is 16.9. The average Bonchev–Trinajstić information content (AvgIpc) is 4.13. The highest BCUT2D eigenvalue weighted by atomic mass is 16.4. The fourth-order valence-corrected chi connectivity index (χ4v) is 9.28. The van der Waals surface area contributed by atoms with Gasteiger partial charge in [0.05, 0.1) is 22.1 Å². The Bertz CT molecular complexity index is 3560. The smallest absolute Gasteiger partial charge is 0.227 e.